The number of carbonyl (C=O) groups excluding carboxylic acids is 1. The lowest BCUT2D eigenvalue weighted by atomic mass is 10.1. The van der Waals surface area contributed by atoms with Crippen LogP contribution in [0.4, 0.5) is 0 Å². The number of methoxy groups -OCH3 is 1. The molecule has 0 atom stereocenters. The number of carbonyl (C=O) groups is 1. The van der Waals surface area contributed by atoms with E-state index in [-0.39, 0.29) is 0 Å². The van der Waals surface area contributed by atoms with E-state index in [1.807, 2.05) is 26.8 Å². The minimum absolute atomic E-state index is 0.385. The summed E-state index contributed by atoms with van der Waals surface area (Å²) < 4.78 is 5.29. The molecule has 0 spiro atoms. The van der Waals surface area contributed by atoms with E-state index in [2.05, 4.69) is 20.7 Å². The van der Waals surface area contributed by atoms with Gasteiger partial charge in [0.25, 0.3) is 0 Å². The zero-order chi connectivity index (χ0) is 12.0. The number of ether oxygens (including phenoxy) is 1. The molecule has 0 aliphatic rings. The maximum Gasteiger partial charge on any atom is 0.339 e. The van der Waals surface area contributed by atoms with Crippen LogP contribution in [0.15, 0.2) is 16.6 Å². The van der Waals surface area contributed by atoms with Gasteiger partial charge in [-0.15, -0.1) is 0 Å². The van der Waals surface area contributed by atoms with Crippen molar-refractivity contribution in [3.05, 3.63) is 32.8 Å². The average Bonchev–Trinajstić information content (AvgIpc) is 2.25. The molecular formula is C11H14BrClO2. The summed E-state index contributed by atoms with van der Waals surface area (Å²) in [6, 6.07) is 3.54. The number of hydrogen-bond donors (Lipinski definition) is 0. The maximum absolute atomic E-state index is 11.2. The van der Waals surface area contributed by atoms with Gasteiger partial charge in [-0.25, -0.2) is 4.79 Å². The highest BCUT2D eigenvalue weighted by atomic mass is 79.9. The van der Waals surface area contributed by atoms with Gasteiger partial charge in [0.2, 0.25) is 0 Å². The Hall–Kier alpha value is -0.540. The molecule has 0 N–H and O–H groups in total. The lowest BCUT2D eigenvalue weighted by Crippen LogP contribution is -2.02. The van der Waals surface area contributed by atoms with Gasteiger partial charge in [-0.3, -0.25) is 0 Å². The van der Waals surface area contributed by atoms with Gasteiger partial charge >= 0.3 is 5.97 Å². The first-order chi connectivity index (χ1) is 7.06. The van der Waals surface area contributed by atoms with Crippen LogP contribution in [0.2, 0.25) is 5.02 Å². The van der Waals surface area contributed by atoms with E-state index < -0.39 is 5.97 Å². The minimum Gasteiger partial charge on any atom is -0.465 e. The largest absolute Gasteiger partial charge is 0.465 e. The molecule has 15 heavy (non-hydrogen) atoms. The van der Waals surface area contributed by atoms with Crippen molar-refractivity contribution in [3.8, 4) is 0 Å². The minimum atomic E-state index is -0.422. The van der Waals surface area contributed by atoms with Crippen LogP contribution < -0.4 is 0 Å². The summed E-state index contributed by atoms with van der Waals surface area (Å²) in [4.78, 5) is 11.2. The molecule has 0 saturated carbocycles. The molecule has 0 unspecified atom stereocenters. The first kappa shape index (κ1) is 14.5. The predicted octanol–water partition coefficient (Wildman–Crippen LogP) is 4.22. The molecule has 84 valence electrons. The van der Waals surface area contributed by atoms with Crippen molar-refractivity contribution in [2.75, 3.05) is 7.11 Å². The van der Waals surface area contributed by atoms with Crippen LogP contribution in [-0.4, -0.2) is 13.1 Å². The van der Waals surface area contributed by atoms with Crippen LogP contribution in [0.25, 0.3) is 0 Å². The van der Waals surface area contributed by atoms with Gasteiger partial charge < -0.3 is 4.74 Å². The predicted molar refractivity (Wildman–Crippen MR) is 66.6 cm³/mol. The van der Waals surface area contributed by atoms with Crippen molar-refractivity contribution in [2.45, 2.75) is 20.8 Å². The molecule has 2 nitrogen and oxygen atoms in total. The Balaban J connectivity index is 0.000000921. The van der Waals surface area contributed by atoms with Crippen molar-refractivity contribution in [2.24, 2.45) is 0 Å². The Morgan fingerprint density at radius 1 is 1.40 bits per heavy atom. The van der Waals surface area contributed by atoms with Gasteiger partial charge in [0.05, 0.1) is 17.7 Å². The Bertz CT molecular complexity index is 351. The second-order valence-electron chi connectivity index (χ2n) is 2.60. The van der Waals surface area contributed by atoms with E-state index in [9.17, 15) is 4.79 Å². The van der Waals surface area contributed by atoms with Gasteiger partial charge in [0, 0.05) is 4.47 Å². The molecule has 0 bridgehead atoms. The van der Waals surface area contributed by atoms with Gasteiger partial charge in [0.1, 0.15) is 0 Å². The first-order valence-corrected chi connectivity index (χ1v) is 5.77. The molecule has 0 radical (unpaired) electrons. The molecule has 1 aromatic rings. The molecule has 0 aliphatic carbocycles. The summed E-state index contributed by atoms with van der Waals surface area (Å²) in [5.41, 5.74) is 1.34. The number of benzene rings is 1. The van der Waals surface area contributed by atoms with Gasteiger partial charge in [0.15, 0.2) is 0 Å². The Morgan fingerprint density at radius 2 is 1.93 bits per heavy atom. The van der Waals surface area contributed by atoms with E-state index in [4.69, 9.17) is 11.6 Å². The zero-order valence-electron chi connectivity index (χ0n) is 9.23. The van der Waals surface area contributed by atoms with Crippen LogP contribution in [0.1, 0.15) is 29.8 Å². The highest BCUT2D eigenvalue weighted by Gasteiger charge is 2.13. The van der Waals surface area contributed by atoms with Crippen LogP contribution in [0.3, 0.4) is 0 Å². The average molecular weight is 294 g/mol. The second-order valence-corrected chi connectivity index (χ2v) is 3.83. The third-order valence-electron chi connectivity index (χ3n) is 1.58. The SMILES string of the molecule is CC.COC(=O)c1cc(C)cc(Br)c1Cl. The smallest absolute Gasteiger partial charge is 0.339 e. The summed E-state index contributed by atoms with van der Waals surface area (Å²) in [6.07, 6.45) is 0. The first-order valence-electron chi connectivity index (χ1n) is 4.60. The molecule has 0 amide bonds. The highest BCUT2D eigenvalue weighted by Crippen LogP contribution is 2.28. The summed E-state index contributed by atoms with van der Waals surface area (Å²) in [7, 11) is 1.33. The highest BCUT2D eigenvalue weighted by molar-refractivity contribution is 9.10. The van der Waals surface area contributed by atoms with E-state index in [1.165, 1.54) is 7.11 Å². The molecule has 1 rings (SSSR count). The third kappa shape index (κ3) is 3.84. The van der Waals surface area contributed by atoms with Crippen molar-refractivity contribution < 1.29 is 9.53 Å². The molecule has 0 aliphatic heterocycles. The van der Waals surface area contributed by atoms with E-state index in [0.717, 1.165) is 5.56 Å². The zero-order valence-corrected chi connectivity index (χ0v) is 11.6. The van der Waals surface area contributed by atoms with Crippen molar-refractivity contribution in [3.63, 3.8) is 0 Å². The Kier molecular flexibility index (Phi) is 6.61. The van der Waals surface area contributed by atoms with E-state index in [0.29, 0.717) is 15.1 Å². The molecular weight excluding hydrogens is 279 g/mol. The van der Waals surface area contributed by atoms with Crippen LogP contribution >= 0.6 is 27.5 Å². The fourth-order valence-electron chi connectivity index (χ4n) is 0.983. The normalized spacial score (nSPS) is 8.93. The molecule has 1 aromatic carbocycles. The number of halogens is 2. The van der Waals surface area contributed by atoms with Gasteiger partial charge in [-0.1, -0.05) is 25.4 Å². The number of hydrogen-bond acceptors (Lipinski definition) is 2. The summed E-state index contributed by atoms with van der Waals surface area (Å²) in [6.45, 7) is 5.88. The van der Waals surface area contributed by atoms with Crippen LogP contribution in [0, 0.1) is 6.92 Å². The monoisotopic (exact) mass is 292 g/mol. The summed E-state index contributed by atoms with van der Waals surface area (Å²) in [5.74, 6) is -0.422. The van der Waals surface area contributed by atoms with Crippen LogP contribution in [0.5, 0.6) is 0 Å². The Morgan fingerprint density at radius 3 is 2.40 bits per heavy atom. The topological polar surface area (TPSA) is 26.3 Å². The molecule has 0 aromatic heterocycles. The summed E-state index contributed by atoms with van der Waals surface area (Å²) in [5, 5.41) is 0.387. The van der Waals surface area contributed by atoms with Crippen molar-refractivity contribution in [1.29, 1.82) is 0 Å². The van der Waals surface area contributed by atoms with Gasteiger partial charge in [-0.2, -0.15) is 0 Å². The van der Waals surface area contributed by atoms with Crippen molar-refractivity contribution in [1.82, 2.24) is 0 Å². The standard InChI is InChI=1S/C9H8BrClO2.C2H6/c1-5-3-6(9(12)13-2)8(11)7(10)4-5;1-2/h3-4H,1-2H3;1-2H3. The van der Waals surface area contributed by atoms with Crippen LogP contribution in [-0.2, 0) is 4.74 Å². The lowest BCUT2D eigenvalue weighted by molar-refractivity contribution is 0.0601. The molecule has 0 heterocycles. The van der Waals surface area contributed by atoms with E-state index in [1.54, 1.807) is 6.07 Å². The number of rotatable bonds is 1. The second kappa shape index (κ2) is 6.85. The van der Waals surface area contributed by atoms with Crippen molar-refractivity contribution >= 4 is 33.5 Å². The third-order valence-corrected chi connectivity index (χ3v) is 2.84. The molecule has 4 heteroatoms. The van der Waals surface area contributed by atoms with E-state index >= 15 is 0 Å². The molecule has 0 saturated heterocycles. The fourth-order valence-corrected chi connectivity index (χ4v) is 1.74. The quantitative estimate of drug-likeness (QED) is 0.725. The number of aryl methyl sites for hydroxylation is 1. The molecule has 0 fully saturated rings. The summed E-state index contributed by atoms with van der Waals surface area (Å²) >= 11 is 9.15. The van der Waals surface area contributed by atoms with Gasteiger partial charge in [-0.05, 0) is 40.5 Å². The number of esters is 1. The fraction of sp³-hybridized carbons (Fsp3) is 0.364. The Labute approximate surface area is 104 Å². The maximum atomic E-state index is 11.2. The lowest BCUT2D eigenvalue weighted by Gasteiger charge is -2.05.